The van der Waals surface area contributed by atoms with Crippen molar-refractivity contribution in [2.45, 2.75) is 6.92 Å². The van der Waals surface area contributed by atoms with E-state index in [9.17, 15) is 24.0 Å². The Hall–Kier alpha value is -4.21. The van der Waals surface area contributed by atoms with E-state index >= 15 is 0 Å². The highest BCUT2D eigenvalue weighted by atomic mass is 16.5. The van der Waals surface area contributed by atoms with Crippen molar-refractivity contribution in [3.05, 3.63) is 63.2 Å². The third kappa shape index (κ3) is 4.54. The van der Waals surface area contributed by atoms with E-state index in [4.69, 9.17) is 23.7 Å². The molecular weight excluding hydrogens is 436 g/mol. The van der Waals surface area contributed by atoms with E-state index in [1.165, 1.54) is 38.3 Å². The zero-order valence-electron chi connectivity index (χ0n) is 18.9. The van der Waals surface area contributed by atoms with Gasteiger partial charge in [-0.05, 0) is 36.8 Å². The lowest BCUT2D eigenvalue weighted by molar-refractivity contribution is 0.0519. The van der Waals surface area contributed by atoms with Crippen LogP contribution in [0.3, 0.4) is 0 Å². The molecule has 0 fully saturated rings. The first kappa shape index (κ1) is 25.1. The van der Waals surface area contributed by atoms with Crippen molar-refractivity contribution in [2.24, 2.45) is 0 Å². The summed E-state index contributed by atoms with van der Waals surface area (Å²) in [5, 5.41) is 0. The largest absolute Gasteiger partial charge is 0.497 e. The smallest absolute Gasteiger partial charge is 0.339 e. The number of carbonyl (C=O) groups is 5. The molecule has 0 aliphatic rings. The van der Waals surface area contributed by atoms with Gasteiger partial charge in [-0.25, -0.2) is 19.2 Å². The third-order valence-corrected chi connectivity index (χ3v) is 4.89. The summed E-state index contributed by atoms with van der Waals surface area (Å²) in [7, 11) is 5.57. The average molecular weight is 458 g/mol. The molecule has 0 saturated heterocycles. The quantitative estimate of drug-likeness (QED) is 0.346. The van der Waals surface area contributed by atoms with Gasteiger partial charge in [0.15, 0.2) is 5.78 Å². The van der Waals surface area contributed by atoms with Crippen molar-refractivity contribution in [2.75, 3.05) is 35.5 Å². The van der Waals surface area contributed by atoms with Gasteiger partial charge in [0, 0.05) is 11.1 Å². The summed E-state index contributed by atoms with van der Waals surface area (Å²) >= 11 is 0. The maximum atomic E-state index is 13.5. The molecule has 174 valence electrons. The Balaban J connectivity index is 3.11. The highest BCUT2D eigenvalue weighted by molar-refractivity contribution is 6.23. The predicted molar refractivity (Wildman–Crippen MR) is 113 cm³/mol. The number of ether oxygens (including phenoxy) is 5. The standard InChI is InChI=1S/C23H22O10/c1-11-14(19(24)12-7-9-13(29-2)10-8-12)16(21(26)31-4)18(23(28)33-6)17(22(27)32-5)15(11)20(25)30-3/h7-10H,1-6H3. The van der Waals surface area contributed by atoms with Crippen LogP contribution in [0.25, 0.3) is 0 Å². The predicted octanol–water partition coefficient (Wildman–Crippen LogP) is 2.38. The Bertz CT molecular complexity index is 1130. The van der Waals surface area contributed by atoms with Crippen LogP contribution >= 0.6 is 0 Å². The van der Waals surface area contributed by atoms with Gasteiger partial charge in [-0.1, -0.05) is 0 Å². The topological polar surface area (TPSA) is 132 Å². The van der Waals surface area contributed by atoms with Crippen LogP contribution in [0.1, 0.15) is 62.9 Å². The molecule has 0 N–H and O–H groups in total. The molecule has 2 aromatic rings. The van der Waals surface area contributed by atoms with Crippen LogP contribution in [0.5, 0.6) is 5.75 Å². The summed E-state index contributed by atoms with van der Waals surface area (Å²) in [6.07, 6.45) is 0. The molecule has 0 amide bonds. The first-order valence-corrected chi connectivity index (χ1v) is 9.40. The van der Waals surface area contributed by atoms with Crippen molar-refractivity contribution in [3.63, 3.8) is 0 Å². The number of methoxy groups -OCH3 is 5. The van der Waals surface area contributed by atoms with E-state index in [1.807, 2.05) is 0 Å². The number of hydrogen-bond donors (Lipinski definition) is 0. The molecule has 0 heterocycles. The number of hydrogen-bond acceptors (Lipinski definition) is 10. The molecule has 0 unspecified atom stereocenters. The maximum absolute atomic E-state index is 13.5. The van der Waals surface area contributed by atoms with Gasteiger partial charge in [-0.3, -0.25) is 4.79 Å². The van der Waals surface area contributed by atoms with Gasteiger partial charge in [0.2, 0.25) is 0 Å². The first-order chi connectivity index (χ1) is 15.7. The van der Waals surface area contributed by atoms with Gasteiger partial charge in [0.05, 0.1) is 57.8 Å². The molecule has 0 aromatic heterocycles. The molecule has 0 aliphatic carbocycles. The average Bonchev–Trinajstić information content (AvgIpc) is 2.85. The van der Waals surface area contributed by atoms with Crippen LogP contribution < -0.4 is 4.74 Å². The van der Waals surface area contributed by atoms with E-state index < -0.39 is 51.9 Å². The molecule has 33 heavy (non-hydrogen) atoms. The molecule has 10 nitrogen and oxygen atoms in total. The summed E-state index contributed by atoms with van der Waals surface area (Å²) in [4.78, 5) is 64.4. The van der Waals surface area contributed by atoms with E-state index in [1.54, 1.807) is 0 Å². The lowest BCUT2D eigenvalue weighted by Crippen LogP contribution is -2.27. The Morgan fingerprint density at radius 1 is 0.545 bits per heavy atom. The van der Waals surface area contributed by atoms with Gasteiger partial charge >= 0.3 is 23.9 Å². The van der Waals surface area contributed by atoms with Crippen LogP contribution in [0.4, 0.5) is 0 Å². The Labute approximate surface area is 189 Å². The van der Waals surface area contributed by atoms with Crippen molar-refractivity contribution in [1.29, 1.82) is 0 Å². The molecule has 2 aromatic carbocycles. The van der Waals surface area contributed by atoms with Crippen LogP contribution in [0, 0.1) is 6.92 Å². The van der Waals surface area contributed by atoms with Crippen molar-refractivity contribution < 1.29 is 47.7 Å². The summed E-state index contributed by atoms with van der Waals surface area (Å²) < 4.78 is 24.1. The van der Waals surface area contributed by atoms with E-state index in [2.05, 4.69) is 0 Å². The second-order valence-corrected chi connectivity index (χ2v) is 6.52. The molecular formula is C23H22O10. The first-order valence-electron chi connectivity index (χ1n) is 9.40. The van der Waals surface area contributed by atoms with Gasteiger partial charge in [-0.15, -0.1) is 0 Å². The molecule has 2 rings (SSSR count). The highest BCUT2D eigenvalue weighted by Gasteiger charge is 2.38. The van der Waals surface area contributed by atoms with E-state index in [0.717, 1.165) is 28.4 Å². The number of carbonyl (C=O) groups excluding carboxylic acids is 5. The second-order valence-electron chi connectivity index (χ2n) is 6.52. The molecule has 0 spiro atoms. The molecule has 0 saturated carbocycles. The fourth-order valence-corrected chi connectivity index (χ4v) is 3.32. The molecule has 0 radical (unpaired) electrons. The van der Waals surface area contributed by atoms with Gasteiger partial charge in [0.25, 0.3) is 0 Å². The van der Waals surface area contributed by atoms with Crippen LogP contribution in [0.2, 0.25) is 0 Å². The van der Waals surface area contributed by atoms with Gasteiger partial charge in [0.1, 0.15) is 5.75 Å². The summed E-state index contributed by atoms with van der Waals surface area (Å²) in [5.41, 5.74) is -2.51. The summed E-state index contributed by atoms with van der Waals surface area (Å²) in [5.74, 6) is -4.65. The number of benzene rings is 2. The number of ketones is 1. The molecule has 0 aliphatic heterocycles. The minimum Gasteiger partial charge on any atom is -0.497 e. The Morgan fingerprint density at radius 3 is 1.30 bits per heavy atom. The van der Waals surface area contributed by atoms with Crippen molar-refractivity contribution in [3.8, 4) is 5.75 Å². The maximum Gasteiger partial charge on any atom is 0.339 e. The highest BCUT2D eigenvalue weighted by Crippen LogP contribution is 2.33. The normalized spacial score (nSPS) is 10.1. The molecule has 0 bridgehead atoms. The fraction of sp³-hybridized carbons (Fsp3) is 0.261. The van der Waals surface area contributed by atoms with Gasteiger partial charge in [-0.2, -0.15) is 0 Å². The summed E-state index contributed by atoms with van der Waals surface area (Å²) in [6, 6.07) is 5.91. The van der Waals surface area contributed by atoms with Gasteiger partial charge < -0.3 is 23.7 Å². The zero-order valence-corrected chi connectivity index (χ0v) is 18.9. The molecule has 10 heteroatoms. The van der Waals surface area contributed by atoms with E-state index in [0.29, 0.717) is 5.75 Å². The Morgan fingerprint density at radius 2 is 0.909 bits per heavy atom. The number of rotatable bonds is 7. The SMILES string of the molecule is COC(=O)c1c(C)c(C(=O)c2ccc(OC)cc2)c(C(=O)OC)c(C(=O)OC)c1C(=O)OC. The fourth-order valence-electron chi connectivity index (χ4n) is 3.32. The third-order valence-electron chi connectivity index (χ3n) is 4.89. The minimum atomic E-state index is -1.16. The molecule has 0 atom stereocenters. The minimum absolute atomic E-state index is 0.0869. The summed E-state index contributed by atoms with van der Waals surface area (Å²) in [6.45, 7) is 1.34. The van der Waals surface area contributed by atoms with Crippen LogP contribution in [-0.4, -0.2) is 65.2 Å². The van der Waals surface area contributed by atoms with Crippen LogP contribution in [0.15, 0.2) is 24.3 Å². The monoisotopic (exact) mass is 458 g/mol. The van der Waals surface area contributed by atoms with Crippen molar-refractivity contribution >= 4 is 29.7 Å². The lowest BCUT2D eigenvalue weighted by atomic mass is 9.83. The Kier molecular flexibility index (Phi) is 7.90. The van der Waals surface area contributed by atoms with E-state index in [-0.39, 0.29) is 16.7 Å². The van der Waals surface area contributed by atoms with Crippen LogP contribution in [-0.2, 0) is 18.9 Å². The lowest BCUT2D eigenvalue weighted by Gasteiger charge is -2.20. The van der Waals surface area contributed by atoms with Crippen molar-refractivity contribution in [1.82, 2.24) is 0 Å². The number of esters is 4. The zero-order chi connectivity index (χ0) is 24.9. The second kappa shape index (κ2) is 10.4.